The third-order valence-corrected chi connectivity index (χ3v) is 17.9. The van der Waals surface area contributed by atoms with Crippen molar-refractivity contribution in [2.45, 2.75) is 303 Å². The first kappa shape index (κ1) is 102. The van der Waals surface area contributed by atoms with E-state index in [9.17, 15) is 43.2 Å². The molecule has 0 aromatic heterocycles. The van der Waals surface area contributed by atoms with E-state index in [1.807, 2.05) is 0 Å². The number of carbonyl (C=O) groups is 4. The van der Waals surface area contributed by atoms with Crippen molar-refractivity contribution < 1.29 is 80.2 Å². The molecule has 0 amide bonds. The molecular formula is C89H142O17P2. The molecule has 5 unspecified atom stereocenters. The molecule has 0 heterocycles. The van der Waals surface area contributed by atoms with Gasteiger partial charge in [-0.15, -0.1) is 0 Å². The Morgan fingerprint density at radius 2 is 0.454 bits per heavy atom. The fourth-order valence-corrected chi connectivity index (χ4v) is 11.6. The van der Waals surface area contributed by atoms with Crippen molar-refractivity contribution in [1.29, 1.82) is 0 Å². The number of unbranched alkanes of at least 4 members (excludes halogenated alkanes) is 16. The Balaban J connectivity index is 5.47. The fourth-order valence-electron chi connectivity index (χ4n) is 10.0. The van der Waals surface area contributed by atoms with Crippen molar-refractivity contribution in [3.05, 3.63) is 194 Å². The van der Waals surface area contributed by atoms with Gasteiger partial charge in [0.05, 0.1) is 26.4 Å². The minimum absolute atomic E-state index is 0.0307. The van der Waals surface area contributed by atoms with Crippen molar-refractivity contribution >= 4 is 39.5 Å². The number of aliphatic hydroxyl groups is 1. The number of aliphatic hydroxyl groups excluding tert-OH is 1. The maximum atomic E-state index is 13.1. The lowest BCUT2D eigenvalue weighted by Crippen LogP contribution is -2.30. The lowest BCUT2D eigenvalue weighted by Gasteiger charge is -2.21. The van der Waals surface area contributed by atoms with Crippen LogP contribution in [0.4, 0.5) is 0 Å². The summed E-state index contributed by atoms with van der Waals surface area (Å²) in [7, 11) is -10.0. The highest BCUT2D eigenvalue weighted by Gasteiger charge is 2.30. The normalized spacial score (nSPS) is 14.8. The summed E-state index contributed by atoms with van der Waals surface area (Å²) < 4.78 is 68.6. The molecule has 0 rings (SSSR count). The topological polar surface area (TPSA) is 237 Å². The number of ether oxygens (including phenoxy) is 4. The quantitative estimate of drug-likeness (QED) is 0.0169. The second-order valence-electron chi connectivity index (χ2n) is 26.2. The summed E-state index contributed by atoms with van der Waals surface area (Å²) in [4.78, 5) is 73.1. The minimum Gasteiger partial charge on any atom is -0.462 e. The van der Waals surface area contributed by atoms with Crippen LogP contribution < -0.4 is 0 Å². The van der Waals surface area contributed by atoms with Gasteiger partial charge in [-0.3, -0.25) is 37.3 Å². The summed E-state index contributed by atoms with van der Waals surface area (Å²) in [6.07, 6.45) is 96.9. The van der Waals surface area contributed by atoms with Gasteiger partial charge in [-0.25, -0.2) is 9.13 Å². The molecule has 17 nitrogen and oxygen atoms in total. The molecule has 610 valence electrons. The number of phosphoric ester groups is 2. The van der Waals surface area contributed by atoms with Crippen LogP contribution in [0, 0.1) is 0 Å². The molecule has 0 aromatic rings. The molecule has 0 bridgehead atoms. The van der Waals surface area contributed by atoms with Gasteiger partial charge in [-0.05, 0) is 180 Å². The largest absolute Gasteiger partial charge is 0.472 e. The van der Waals surface area contributed by atoms with Crippen molar-refractivity contribution in [3.8, 4) is 0 Å². The van der Waals surface area contributed by atoms with Crippen molar-refractivity contribution in [3.63, 3.8) is 0 Å². The molecule has 0 saturated heterocycles. The Morgan fingerprint density at radius 1 is 0.259 bits per heavy atom. The highest BCUT2D eigenvalue weighted by molar-refractivity contribution is 7.47. The number of hydrogen-bond donors (Lipinski definition) is 3. The van der Waals surface area contributed by atoms with Crippen molar-refractivity contribution in [2.75, 3.05) is 39.6 Å². The Kier molecular flexibility index (Phi) is 74.5. The zero-order valence-corrected chi connectivity index (χ0v) is 68.5. The molecule has 19 heteroatoms. The number of phosphoric acid groups is 2. The fraction of sp³-hybridized carbons (Fsp3) is 0.596. The van der Waals surface area contributed by atoms with E-state index in [-0.39, 0.29) is 25.7 Å². The number of carbonyl (C=O) groups excluding carboxylic acids is 4. The zero-order valence-electron chi connectivity index (χ0n) is 66.7. The molecule has 0 aliphatic carbocycles. The van der Waals surface area contributed by atoms with Gasteiger partial charge < -0.3 is 33.8 Å². The van der Waals surface area contributed by atoms with Crippen LogP contribution >= 0.6 is 15.6 Å². The van der Waals surface area contributed by atoms with Gasteiger partial charge in [0.15, 0.2) is 12.2 Å². The Morgan fingerprint density at radius 3 is 0.722 bits per heavy atom. The van der Waals surface area contributed by atoms with E-state index in [2.05, 4.69) is 222 Å². The Labute approximate surface area is 653 Å². The van der Waals surface area contributed by atoms with Gasteiger partial charge in [0.25, 0.3) is 0 Å². The predicted octanol–water partition coefficient (Wildman–Crippen LogP) is 24.1. The van der Waals surface area contributed by atoms with E-state index in [0.717, 1.165) is 199 Å². The smallest absolute Gasteiger partial charge is 0.462 e. The standard InChI is InChI=1S/C89H142O17P2/c1-5-9-13-17-21-25-29-33-37-39-41-43-47-49-53-57-61-65-69-73-86(91)99-79-84(105-88(93)75-71-67-63-59-55-51-45-35-31-27-23-19-15-11-7-3)81-103-107(95,96)101-77-83(90)78-102-108(97,98)104-82-85(106-89(94)76-72-68-64-60-56-52-46-36-32-28-24-20-16-12-8-4)80-100-87(92)74-70-66-62-58-54-50-48-44-42-40-38-34-30-26-22-18-14-10-6-2/h9-16,21-28,33-38,41-46,49,53,56,60,83-85,90H,5-8,17-20,29-32,39-40,47-48,50-52,54-55,57-59,61-82H2,1-4H3,(H,95,96)(H,97,98)/b13-9-,14-10-,15-11-,16-12-,25-21-,26-22-,27-23-,28-24-,37-33-,38-34-,43-41-,44-42-,45-35-,46-36-,53-49-,60-56-. The van der Waals surface area contributed by atoms with Crippen LogP contribution in [0.15, 0.2) is 194 Å². The third-order valence-electron chi connectivity index (χ3n) is 16.0. The summed E-state index contributed by atoms with van der Waals surface area (Å²) in [5, 5.41) is 10.7. The first-order valence-corrected chi connectivity index (χ1v) is 43.7. The predicted molar refractivity (Wildman–Crippen MR) is 445 cm³/mol. The highest BCUT2D eigenvalue weighted by atomic mass is 31.2. The lowest BCUT2D eigenvalue weighted by molar-refractivity contribution is -0.161. The first-order chi connectivity index (χ1) is 52.7. The van der Waals surface area contributed by atoms with E-state index in [0.29, 0.717) is 32.1 Å². The molecule has 0 aromatic carbocycles. The number of esters is 4. The van der Waals surface area contributed by atoms with E-state index >= 15 is 0 Å². The first-order valence-electron chi connectivity index (χ1n) is 40.7. The summed E-state index contributed by atoms with van der Waals surface area (Å²) in [6, 6.07) is 0. The van der Waals surface area contributed by atoms with Gasteiger partial charge in [0.1, 0.15) is 19.3 Å². The lowest BCUT2D eigenvalue weighted by atomic mass is 10.1. The van der Waals surface area contributed by atoms with Gasteiger partial charge in [0.2, 0.25) is 0 Å². The third kappa shape index (κ3) is 78.0. The van der Waals surface area contributed by atoms with Crippen LogP contribution in [-0.4, -0.2) is 96.7 Å². The van der Waals surface area contributed by atoms with Crippen LogP contribution in [0.2, 0.25) is 0 Å². The number of rotatable bonds is 74. The summed E-state index contributed by atoms with van der Waals surface area (Å²) >= 11 is 0. The monoisotopic (exact) mass is 1540 g/mol. The maximum absolute atomic E-state index is 13.1. The molecule has 0 aliphatic heterocycles. The van der Waals surface area contributed by atoms with Gasteiger partial charge >= 0.3 is 39.5 Å². The summed E-state index contributed by atoms with van der Waals surface area (Å²) in [6.45, 7) is 4.28. The minimum atomic E-state index is -5.01. The summed E-state index contributed by atoms with van der Waals surface area (Å²) in [5.74, 6) is -2.31. The van der Waals surface area contributed by atoms with Crippen molar-refractivity contribution in [1.82, 2.24) is 0 Å². The van der Waals surface area contributed by atoms with Gasteiger partial charge in [0, 0.05) is 25.7 Å². The SMILES string of the molecule is CC/C=C\C/C=C\C/C=C\C/C=C\C/C=C\CCCCCC(=O)OCC(COP(=O)(O)OCC(O)COP(=O)(O)OCC(COC(=O)CCCCCCCC/C=C\C/C=C\C/C=C\C/C=C\CC)OC(=O)CCCC/C=C\C/C=C\C/C=C\C/C=C\CC)OC(=O)CCCCCCC/C=C\C/C=C\C/C=C\CC. The van der Waals surface area contributed by atoms with Crippen LogP contribution in [0.25, 0.3) is 0 Å². The average molecular weight is 1550 g/mol. The molecule has 0 spiro atoms. The Hall–Kier alpha value is -6.10. The number of allylic oxidation sites excluding steroid dienone is 32. The molecule has 108 heavy (non-hydrogen) atoms. The molecule has 5 atom stereocenters. The molecular weight excluding hydrogens is 1400 g/mol. The molecule has 0 saturated carbocycles. The van der Waals surface area contributed by atoms with Gasteiger partial charge in [-0.2, -0.15) is 0 Å². The summed E-state index contributed by atoms with van der Waals surface area (Å²) in [5.41, 5.74) is 0. The average Bonchev–Trinajstić information content (AvgIpc) is 0.923. The molecule has 0 fully saturated rings. The molecule has 3 N–H and O–H groups in total. The van der Waals surface area contributed by atoms with E-state index < -0.39 is 97.5 Å². The van der Waals surface area contributed by atoms with Crippen LogP contribution in [-0.2, 0) is 65.4 Å². The van der Waals surface area contributed by atoms with Gasteiger partial charge in [-0.1, -0.05) is 273 Å². The van der Waals surface area contributed by atoms with E-state index in [1.54, 1.807) is 0 Å². The van der Waals surface area contributed by atoms with Crippen molar-refractivity contribution in [2.24, 2.45) is 0 Å². The van der Waals surface area contributed by atoms with Crippen LogP contribution in [0.1, 0.15) is 285 Å². The zero-order chi connectivity index (χ0) is 78.9. The Bertz CT molecular complexity index is 2810. The second-order valence-corrected chi connectivity index (χ2v) is 29.1. The molecule has 0 aliphatic rings. The maximum Gasteiger partial charge on any atom is 0.472 e. The second kappa shape index (κ2) is 79.0. The van der Waals surface area contributed by atoms with Crippen LogP contribution in [0.5, 0.6) is 0 Å². The van der Waals surface area contributed by atoms with E-state index in [4.69, 9.17) is 37.0 Å². The van der Waals surface area contributed by atoms with Crippen LogP contribution in [0.3, 0.4) is 0 Å². The number of hydrogen-bond acceptors (Lipinski definition) is 15. The highest BCUT2D eigenvalue weighted by Crippen LogP contribution is 2.45. The molecule has 0 radical (unpaired) electrons. The van der Waals surface area contributed by atoms with E-state index in [1.165, 1.54) is 0 Å².